The molecule has 0 aliphatic rings. The molecule has 0 unspecified atom stereocenters. The Kier molecular flexibility index (Phi) is 10.0. The van der Waals surface area contributed by atoms with Crippen LogP contribution < -0.4 is 14.2 Å². The first-order valence-corrected chi connectivity index (χ1v) is 14.3. The van der Waals surface area contributed by atoms with Gasteiger partial charge in [0, 0.05) is 5.41 Å². The maximum absolute atomic E-state index is 12.2. The molecule has 0 heterocycles. The van der Waals surface area contributed by atoms with Gasteiger partial charge in [-0.25, -0.2) is 14.4 Å². The predicted octanol–water partition coefficient (Wildman–Crippen LogP) is 8.98. The number of rotatable bonds is 6. The van der Waals surface area contributed by atoms with Crippen LogP contribution in [0.3, 0.4) is 0 Å². The van der Waals surface area contributed by atoms with Crippen LogP contribution in [0.2, 0.25) is 0 Å². The van der Waals surface area contributed by atoms with Gasteiger partial charge in [0.1, 0.15) is 34.1 Å². The van der Waals surface area contributed by atoms with Gasteiger partial charge in [-0.2, -0.15) is 0 Å². The van der Waals surface area contributed by atoms with E-state index in [-0.39, 0.29) is 0 Å². The van der Waals surface area contributed by atoms with E-state index in [9.17, 15) is 14.4 Å². The minimum atomic E-state index is -0.797. The molecule has 0 atom stereocenters. The Morgan fingerprint density at radius 3 is 0.773 bits per heavy atom. The molecule has 3 aromatic carbocycles. The van der Waals surface area contributed by atoms with Gasteiger partial charge in [-0.15, -0.1) is 0 Å². The Morgan fingerprint density at radius 2 is 0.591 bits per heavy atom. The lowest BCUT2D eigenvalue weighted by Gasteiger charge is -2.32. The van der Waals surface area contributed by atoms with Gasteiger partial charge >= 0.3 is 18.5 Å². The van der Waals surface area contributed by atoms with Gasteiger partial charge in [0.05, 0.1) is 0 Å². The molecule has 0 N–H and O–H groups in total. The van der Waals surface area contributed by atoms with Crippen molar-refractivity contribution in [3.8, 4) is 17.2 Å². The van der Waals surface area contributed by atoms with Crippen molar-refractivity contribution in [3.05, 3.63) is 89.5 Å². The standard InChI is InChI=1S/C35H42O9/c1-32(2,3)42-29(36)39-26-17-11-23(12-18-26)35(10,24-13-19-27(20-14-24)40-30(37)43-33(4,5)6)25-15-21-28(22-16-25)41-31(38)44-34(7,8)9/h11-22H,1-10H3. The van der Waals surface area contributed by atoms with Crippen LogP contribution in [0.5, 0.6) is 17.2 Å². The fourth-order valence-electron chi connectivity index (χ4n) is 4.17. The zero-order valence-electron chi connectivity index (χ0n) is 27.1. The van der Waals surface area contributed by atoms with Gasteiger partial charge in [-0.05, 0) is 122 Å². The van der Waals surface area contributed by atoms with Gasteiger partial charge in [0.2, 0.25) is 0 Å². The summed E-state index contributed by atoms with van der Waals surface area (Å²) in [6, 6.07) is 21.3. The van der Waals surface area contributed by atoms with E-state index in [1.54, 1.807) is 98.7 Å². The maximum Gasteiger partial charge on any atom is 0.514 e. The zero-order chi connectivity index (χ0) is 32.9. The summed E-state index contributed by atoms with van der Waals surface area (Å²) in [5.41, 5.74) is -0.182. The molecule has 0 aliphatic heterocycles. The van der Waals surface area contributed by atoms with E-state index >= 15 is 0 Å². The lowest BCUT2D eigenvalue weighted by Crippen LogP contribution is -2.27. The third-order valence-electron chi connectivity index (χ3n) is 6.07. The van der Waals surface area contributed by atoms with Crippen molar-refractivity contribution in [2.75, 3.05) is 0 Å². The Bertz CT molecular complexity index is 1260. The Balaban J connectivity index is 1.95. The molecule has 0 fully saturated rings. The van der Waals surface area contributed by atoms with Gasteiger partial charge < -0.3 is 28.4 Å². The first-order valence-electron chi connectivity index (χ1n) is 14.3. The van der Waals surface area contributed by atoms with Crippen molar-refractivity contribution < 1.29 is 42.8 Å². The quantitative estimate of drug-likeness (QED) is 0.118. The minimum absolute atomic E-state index is 0.326. The molecule has 0 aliphatic carbocycles. The van der Waals surface area contributed by atoms with Crippen LogP contribution in [0.1, 0.15) is 85.9 Å². The monoisotopic (exact) mass is 606 g/mol. The number of benzene rings is 3. The molecule has 0 saturated carbocycles. The summed E-state index contributed by atoms with van der Waals surface area (Å²) in [6.07, 6.45) is -2.39. The SMILES string of the molecule is CC(C)(C)OC(=O)Oc1ccc(C(C)(c2ccc(OC(=O)OC(C)(C)C)cc2)c2ccc(OC(=O)OC(C)(C)C)cc2)cc1. The molecular weight excluding hydrogens is 564 g/mol. The van der Waals surface area contributed by atoms with Crippen molar-refractivity contribution in [3.63, 3.8) is 0 Å². The summed E-state index contributed by atoms with van der Waals surface area (Å²) in [5, 5.41) is 0. The number of carbonyl (C=O) groups is 3. The van der Waals surface area contributed by atoms with Crippen LogP contribution >= 0.6 is 0 Å². The van der Waals surface area contributed by atoms with Crippen LogP contribution in [0.25, 0.3) is 0 Å². The Labute approximate surface area is 259 Å². The van der Waals surface area contributed by atoms with Crippen LogP contribution in [0.4, 0.5) is 14.4 Å². The first-order chi connectivity index (χ1) is 20.2. The van der Waals surface area contributed by atoms with Crippen molar-refractivity contribution in [1.82, 2.24) is 0 Å². The molecule has 0 aromatic heterocycles. The molecular formula is C35H42O9. The predicted molar refractivity (Wildman–Crippen MR) is 165 cm³/mol. The number of carbonyl (C=O) groups excluding carboxylic acids is 3. The highest BCUT2D eigenvalue weighted by Gasteiger charge is 2.32. The molecule has 9 nitrogen and oxygen atoms in total. The summed E-state index contributed by atoms with van der Waals surface area (Å²) in [4.78, 5) is 36.6. The second kappa shape index (κ2) is 13.0. The van der Waals surface area contributed by atoms with E-state index in [1.165, 1.54) is 0 Å². The molecule has 0 amide bonds. The summed E-state index contributed by atoms with van der Waals surface area (Å²) in [7, 11) is 0. The molecule has 236 valence electrons. The summed E-state index contributed by atoms with van der Waals surface area (Å²) >= 11 is 0. The van der Waals surface area contributed by atoms with Gasteiger partial charge in [-0.3, -0.25) is 0 Å². The second-order valence-electron chi connectivity index (χ2n) is 13.4. The van der Waals surface area contributed by atoms with Crippen molar-refractivity contribution >= 4 is 18.5 Å². The van der Waals surface area contributed by atoms with E-state index in [2.05, 4.69) is 0 Å². The summed E-state index contributed by atoms with van der Waals surface area (Å²) < 4.78 is 31.9. The van der Waals surface area contributed by atoms with Crippen molar-refractivity contribution in [1.29, 1.82) is 0 Å². The van der Waals surface area contributed by atoms with Crippen LogP contribution in [0, 0.1) is 0 Å². The third kappa shape index (κ3) is 10.0. The van der Waals surface area contributed by atoms with E-state index in [1.807, 2.05) is 43.3 Å². The number of hydrogen-bond donors (Lipinski definition) is 0. The van der Waals surface area contributed by atoms with E-state index < -0.39 is 40.7 Å². The molecule has 0 radical (unpaired) electrons. The van der Waals surface area contributed by atoms with Crippen LogP contribution in [0.15, 0.2) is 72.8 Å². The fourth-order valence-corrected chi connectivity index (χ4v) is 4.17. The summed E-state index contributed by atoms with van der Waals surface area (Å²) in [5.74, 6) is 0.979. The molecule has 0 saturated heterocycles. The van der Waals surface area contributed by atoms with E-state index in [4.69, 9.17) is 28.4 Å². The lowest BCUT2D eigenvalue weighted by atomic mass is 9.71. The van der Waals surface area contributed by atoms with E-state index in [0.717, 1.165) is 16.7 Å². The minimum Gasteiger partial charge on any atom is -0.428 e. The topological polar surface area (TPSA) is 107 Å². The lowest BCUT2D eigenvalue weighted by molar-refractivity contribution is 0.0193. The van der Waals surface area contributed by atoms with Gasteiger partial charge in [-0.1, -0.05) is 36.4 Å². The second-order valence-corrected chi connectivity index (χ2v) is 13.4. The van der Waals surface area contributed by atoms with E-state index in [0.29, 0.717) is 17.2 Å². The molecule has 3 aromatic rings. The highest BCUT2D eigenvalue weighted by Crippen LogP contribution is 2.40. The normalized spacial score (nSPS) is 12.1. The summed E-state index contributed by atoms with van der Waals surface area (Å²) in [6.45, 7) is 17.9. The smallest absolute Gasteiger partial charge is 0.428 e. The first kappa shape index (κ1) is 34.0. The van der Waals surface area contributed by atoms with Gasteiger partial charge in [0.15, 0.2) is 0 Å². The maximum atomic E-state index is 12.2. The highest BCUT2D eigenvalue weighted by molar-refractivity contribution is 5.66. The molecule has 44 heavy (non-hydrogen) atoms. The van der Waals surface area contributed by atoms with Gasteiger partial charge in [0.25, 0.3) is 0 Å². The van der Waals surface area contributed by atoms with Crippen LogP contribution in [-0.2, 0) is 19.6 Å². The largest absolute Gasteiger partial charge is 0.514 e. The average Bonchev–Trinajstić information content (AvgIpc) is 2.86. The molecule has 0 spiro atoms. The molecule has 9 heteroatoms. The number of ether oxygens (including phenoxy) is 6. The van der Waals surface area contributed by atoms with Crippen molar-refractivity contribution in [2.24, 2.45) is 0 Å². The average molecular weight is 607 g/mol. The van der Waals surface area contributed by atoms with Crippen LogP contribution in [-0.4, -0.2) is 35.3 Å². The molecule has 3 rings (SSSR count). The Hall–Kier alpha value is -4.53. The highest BCUT2D eigenvalue weighted by atomic mass is 16.7. The number of hydrogen-bond acceptors (Lipinski definition) is 9. The fraction of sp³-hybridized carbons (Fsp3) is 0.400. The Morgan fingerprint density at radius 1 is 0.386 bits per heavy atom. The zero-order valence-corrected chi connectivity index (χ0v) is 27.1. The molecule has 0 bridgehead atoms. The third-order valence-corrected chi connectivity index (χ3v) is 6.07. The van der Waals surface area contributed by atoms with Crippen molar-refractivity contribution in [2.45, 2.75) is 91.5 Å².